The first-order valence-corrected chi connectivity index (χ1v) is 9.48. The van der Waals surface area contributed by atoms with Gasteiger partial charge in [0.2, 0.25) is 0 Å². The molecule has 0 spiro atoms. The van der Waals surface area contributed by atoms with Gasteiger partial charge in [-0.3, -0.25) is 0 Å². The highest BCUT2D eigenvalue weighted by atomic mass is 32.1. The molecule has 0 aliphatic carbocycles. The van der Waals surface area contributed by atoms with Crippen LogP contribution in [-0.2, 0) is 6.54 Å². The molecular formula is C21H18N4OS. The molecule has 4 aromatic rings. The molecule has 0 saturated heterocycles. The van der Waals surface area contributed by atoms with Crippen LogP contribution >= 0.6 is 11.3 Å². The zero-order valence-corrected chi connectivity index (χ0v) is 15.7. The predicted molar refractivity (Wildman–Crippen MR) is 110 cm³/mol. The number of ether oxygens (including phenoxy) is 1. The van der Waals surface area contributed by atoms with Gasteiger partial charge in [0, 0.05) is 46.3 Å². The van der Waals surface area contributed by atoms with Crippen molar-refractivity contribution in [3.8, 4) is 23.1 Å². The van der Waals surface area contributed by atoms with E-state index in [1.54, 1.807) is 18.4 Å². The average molecular weight is 374 g/mol. The highest BCUT2D eigenvalue weighted by molar-refractivity contribution is 7.14. The number of nitriles is 1. The molecule has 0 unspecified atom stereocenters. The van der Waals surface area contributed by atoms with Crippen molar-refractivity contribution >= 4 is 33.1 Å². The molecule has 27 heavy (non-hydrogen) atoms. The van der Waals surface area contributed by atoms with E-state index in [4.69, 9.17) is 15.0 Å². The van der Waals surface area contributed by atoms with Gasteiger partial charge in [-0.05, 0) is 18.2 Å². The summed E-state index contributed by atoms with van der Waals surface area (Å²) in [5.74, 6) is 0.803. The Morgan fingerprint density at radius 3 is 2.96 bits per heavy atom. The normalized spacial score (nSPS) is 10.7. The fourth-order valence-corrected chi connectivity index (χ4v) is 3.82. The van der Waals surface area contributed by atoms with E-state index in [2.05, 4.69) is 39.7 Å². The van der Waals surface area contributed by atoms with Crippen molar-refractivity contribution in [3.05, 3.63) is 60.1 Å². The second-order valence-electron chi connectivity index (χ2n) is 6.06. The molecule has 6 heteroatoms. The Kier molecular flexibility index (Phi) is 4.77. The number of aromatic nitrogens is 2. The number of fused-ring (bicyclic) bond motifs is 1. The number of rotatable bonds is 6. The SMILES string of the molecule is COc1cccc(Nc2nc(-c3cn(CCC#N)c4ccccc34)cs2)c1. The van der Waals surface area contributed by atoms with Gasteiger partial charge in [-0.1, -0.05) is 24.3 Å². The van der Waals surface area contributed by atoms with Crippen LogP contribution in [0.25, 0.3) is 22.2 Å². The van der Waals surface area contributed by atoms with Gasteiger partial charge in [-0.15, -0.1) is 11.3 Å². The summed E-state index contributed by atoms with van der Waals surface area (Å²) in [5.41, 5.74) is 4.07. The minimum absolute atomic E-state index is 0.484. The lowest BCUT2D eigenvalue weighted by Gasteiger charge is -2.04. The van der Waals surface area contributed by atoms with E-state index in [1.165, 1.54) is 0 Å². The monoisotopic (exact) mass is 374 g/mol. The largest absolute Gasteiger partial charge is 0.497 e. The maximum Gasteiger partial charge on any atom is 0.187 e. The van der Waals surface area contributed by atoms with Gasteiger partial charge in [0.05, 0.1) is 25.3 Å². The fourth-order valence-electron chi connectivity index (χ4n) is 3.09. The van der Waals surface area contributed by atoms with E-state index in [-0.39, 0.29) is 0 Å². The summed E-state index contributed by atoms with van der Waals surface area (Å²) < 4.78 is 7.39. The smallest absolute Gasteiger partial charge is 0.187 e. The Labute approximate surface area is 161 Å². The van der Waals surface area contributed by atoms with Crippen LogP contribution in [-0.4, -0.2) is 16.7 Å². The van der Waals surface area contributed by atoms with Gasteiger partial charge in [0.1, 0.15) is 5.75 Å². The molecule has 134 valence electrons. The van der Waals surface area contributed by atoms with E-state index in [0.717, 1.165) is 38.7 Å². The van der Waals surface area contributed by atoms with Crippen molar-refractivity contribution in [2.45, 2.75) is 13.0 Å². The molecule has 0 radical (unpaired) electrons. The molecule has 1 N–H and O–H groups in total. The summed E-state index contributed by atoms with van der Waals surface area (Å²) in [5, 5.41) is 16.3. The van der Waals surface area contributed by atoms with Crippen molar-refractivity contribution in [1.82, 2.24) is 9.55 Å². The quantitative estimate of drug-likeness (QED) is 0.489. The summed E-state index contributed by atoms with van der Waals surface area (Å²) >= 11 is 1.56. The minimum atomic E-state index is 0.484. The Hall–Kier alpha value is -3.30. The second kappa shape index (κ2) is 7.52. The molecule has 4 rings (SSSR count). The van der Waals surface area contributed by atoms with Crippen LogP contribution in [0, 0.1) is 11.3 Å². The summed E-state index contributed by atoms with van der Waals surface area (Å²) in [4.78, 5) is 4.76. The van der Waals surface area contributed by atoms with Gasteiger partial charge in [0.15, 0.2) is 5.13 Å². The standard InChI is InChI=1S/C21H18N4OS/c1-26-16-7-4-6-15(12-16)23-21-24-19(14-27-21)18-13-25(11-5-10-22)20-9-3-2-8-17(18)20/h2-4,6-9,12-14H,5,11H2,1H3,(H,23,24). The number of para-hydroxylation sites is 1. The molecule has 0 bridgehead atoms. The Morgan fingerprint density at radius 1 is 1.22 bits per heavy atom. The number of nitrogens with one attached hydrogen (secondary N) is 1. The van der Waals surface area contributed by atoms with Crippen LogP contribution in [0.2, 0.25) is 0 Å². The van der Waals surface area contributed by atoms with Gasteiger partial charge < -0.3 is 14.6 Å². The molecule has 5 nitrogen and oxygen atoms in total. The molecule has 0 fully saturated rings. The zero-order chi connectivity index (χ0) is 18.6. The van der Waals surface area contributed by atoms with Crippen LogP contribution in [0.15, 0.2) is 60.1 Å². The lowest BCUT2D eigenvalue weighted by molar-refractivity contribution is 0.415. The number of hydrogen-bond donors (Lipinski definition) is 1. The molecule has 0 amide bonds. The van der Waals surface area contributed by atoms with Crippen LogP contribution in [0.5, 0.6) is 5.75 Å². The molecule has 2 aromatic carbocycles. The lowest BCUT2D eigenvalue weighted by Crippen LogP contribution is -1.94. The van der Waals surface area contributed by atoms with Crippen LogP contribution in [0.4, 0.5) is 10.8 Å². The van der Waals surface area contributed by atoms with E-state index >= 15 is 0 Å². The first-order valence-electron chi connectivity index (χ1n) is 8.60. The molecule has 0 saturated carbocycles. The van der Waals surface area contributed by atoms with Crippen molar-refractivity contribution in [2.75, 3.05) is 12.4 Å². The average Bonchev–Trinajstić information content (AvgIpc) is 3.31. The van der Waals surface area contributed by atoms with Crippen LogP contribution in [0.3, 0.4) is 0 Å². The van der Waals surface area contributed by atoms with E-state index < -0.39 is 0 Å². The number of benzene rings is 2. The second-order valence-corrected chi connectivity index (χ2v) is 6.91. The first-order chi connectivity index (χ1) is 13.3. The number of methoxy groups -OCH3 is 1. The number of aryl methyl sites for hydroxylation is 1. The molecule has 0 aliphatic heterocycles. The summed E-state index contributed by atoms with van der Waals surface area (Å²) in [6.45, 7) is 0.677. The topological polar surface area (TPSA) is 62.9 Å². The van der Waals surface area contributed by atoms with Gasteiger partial charge >= 0.3 is 0 Å². The third-order valence-electron chi connectivity index (χ3n) is 4.35. The van der Waals surface area contributed by atoms with E-state index in [1.807, 2.05) is 36.4 Å². The summed E-state index contributed by atoms with van der Waals surface area (Å²) in [6.07, 6.45) is 2.57. The van der Waals surface area contributed by atoms with Crippen molar-refractivity contribution in [2.24, 2.45) is 0 Å². The zero-order valence-electron chi connectivity index (χ0n) is 14.8. The molecular weight excluding hydrogens is 356 g/mol. The Balaban J connectivity index is 1.66. The van der Waals surface area contributed by atoms with Gasteiger partial charge in [0.25, 0.3) is 0 Å². The number of nitrogens with zero attached hydrogens (tertiary/aromatic N) is 3. The highest BCUT2D eigenvalue weighted by Crippen LogP contribution is 2.34. The molecule has 0 atom stereocenters. The summed E-state index contributed by atoms with van der Waals surface area (Å²) in [7, 11) is 1.66. The Bertz CT molecular complexity index is 1120. The number of anilines is 2. The lowest BCUT2D eigenvalue weighted by atomic mass is 10.1. The van der Waals surface area contributed by atoms with Crippen molar-refractivity contribution in [3.63, 3.8) is 0 Å². The maximum atomic E-state index is 8.91. The van der Waals surface area contributed by atoms with E-state index in [9.17, 15) is 0 Å². The Morgan fingerprint density at radius 2 is 2.11 bits per heavy atom. The third-order valence-corrected chi connectivity index (χ3v) is 5.11. The van der Waals surface area contributed by atoms with E-state index in [0.29, 0.717) is 13.0 Å². The van der Waals surface area contributed by atoms with Gasteiger partial charge in [-0.25, -0.2) is 4.98 Å². The highest BCUT2D eigenvalue weighted by Gasteiger charge is 2.13. The summed E-state index contributed by atoms with van der Waals surface area (Å²) in [6, 6.07) is 18.2. The van der Waals surface area contributed by atoms with Crippen molar-refractivity contribution in [1.29, 1.82) is 5.26 Å². The van der Waals surface area contributed by atoms with Crippen LogP contribution in [0.1, 0.15) is 6.42 Å². The molecule has 2 heterocycles. The third kappa shape index (κ3) is 3.50. The fraction of sp³-hybridized carbons (Fsp3) is 0.143. The molecule has 2 aromatic heterocycles. The minimum Gasteiger partial charge on any atom is -0.497 e. The number of hydrogen-bond acceptors (Lipinski definition) is 5. The number of thiazole rings is 1. The van der Waals surface area contributed by atoms with Crippen LogP contribution < -0.4 is 10.1 Å². The van der Waals surface area contributed by atoms with Gasteiger partial charge in [-0.2, -0.15) is 5.26 Å². The molecule has 0 aliphatic rings. The first kappa shape index (κ1) is 17.1. The maximum absolute atomic E-state index is 8.91. The van der Waals surface area contributed by atoms with Crippen molar-refractivity contribution < 1.29 is 4.74 Å². The predicted octanol–water partition coefficient (Wildman–Crippen LogP) is 5.43.